The van der Waals surface area contributed by atoms with Gasteiger partial charge in [0.2, 0.25) is 5.91 Å². The third kappa shape index (κ3) is 5.56. The van der Waals surface area contributed by atoms with Crippen molar-refractivity contribution in [3.8, 4) is 5.75 Å². The summed E-state index contributed by atoms with van der Waals surface area (Å²) >= 11 is 0. The Morgan fingerprint density at radius 3 is 3.04 bits per heavy atom. The van der Waals surface area contributed by atoms with Gasteiger partial charge in [0.1, 0.15) is 18.1 Å². The van der Waals surface area contributed by atoms with Crippen molar-refractivity contribution < 1.29 is 23.4 Å². The van der Waals surface area contributed by atoms with Crippen molar-refractivity contribution in [3.63, 3.8) is 0 Å². The first kappa shape index (κ1) is 20.4. The molecule has 1 aromatic heterocycles. The second-order valence-corrected chi connectivity index (χ2v) is 6.92. The van der Waals surface area contributed by atoms with Crippen molar-refractivity contribution in [3.05, 3.63) is 47.7 Å². The molecule has 1 atom stereocenters. The normalized spacial score (nSPS) is 16.9. The van der Waals surface area contributed by atoms with Gasteiger partial charge in [-0.2, -0.15) is 0 Å². The predicted molar refractivity (Wildman–Crippen MR) is 104 cm³/mol. The lowest BCUT2D eigenvalue weighted by Crippen LogP contribution is -2.41. The van der Waals surface area contributed by atoms with Crippen LogP contribution in [0.1, 0.15) is 36.0 Å². The van der Waals surface area contributed by atoms with Gasteiger partial charge in [-0.15, -0.1) is 0 Å². The standard InChI is InChI=1S/C21H28N2O5/c1-25-9-10-27-15-20(24)23-8-4-6-17(14-23)21-22-13-19(28-21)12-16-5-3-7-18(11-16)26-2/h3,5,7,11,13,17H,4,6,8-10,12,14-15H2,1-2H3/t17-/m0/s1. The van der Waals surface area contributed by atoms with Crippen LogP contribution in [0.15, 0.2) is 34.9 Å². The topological polar surface area (TPSA) is 74.0 Å². The molecule has 1 fully saturated rings. The van der Waals surface area contributed by atoms with Gasteiger partial charge < -0.3 is 23.5 Å². The number of carbonyl (C=O) groups is 1. The molecular formula is C21H28N2O5. The van der Waals surface area contributed by atoms with Gasteiger partial charge in [0.15, 0.2) is 5.89 Å². The number of benzene rings is 1. The summed E-state index contributed by atoms with van der Waals surface area (Å²) < 4.78 is 21.5. The Morgan fingerprint density at radius 2 is 2.21 bits per heavy atom. The maximum absolute atomic E-state index is 12.3. The number of rotatable bonds is 9. The second kappa shape index (κ2) is 10.2. The Balaban J connectivity index is 1.55. The van der Waals surface area contributed by atoms with Gasteiger partial charge in [-0.25, -0.2) is 4.98 Å². The second-order valence-electron chi connectivity index (χ2n) is 6.92. The number of nitrogens with zero attached hydrogens (tertiary/aromatic N) is 2. The van der Waals surface area contributed by atoms with Crippen LogP contribution in [0.25, 0.3) is 0 Å². The van der Waals surface area contributed by atoms with E-state index in [1.54, 1.807) is 20.4 Å². The SMILES string of the molecule is COCCOCC(=O)N1CCC[C@H](c2ncc(Cc3cccc(OC)c3)o2)C1. The molecule has 0 aliphatic carbocycles. The van der Waals surface area contributed by atoms with E-state index in [9.17, 15) is 4.79 Å². The zero-order chi connectivity index (χ0) is 19.8. The summed E-state index contributed by atoms with van der Waals surface area (Å²) in [5.41, 5.74) is 1.11. The van der Waals surface area contributed by atoms with Crippen LogP contribution >= 0.6 is 0 Å². The highest BCUT2D eigenvalue weighted by molar-refractivity contribution is 5.77. The van der Waals surface area contributed by atoms with Gasteiger partial charge in [0, 0.05) is 26.6 Å². The summed E-state index contributed by atoms with van der Waals surface area (Å²) in [5.74, 6) is 2.47. The number of piperidine rings is 1. The summed E-state index contributed by atoms with van der Waals surface area (Å²) in [7, 11) is 3.27. The average Bonchev–Trinajstić information content (AvgIpc) is 3.20. The maximum atomic E-state index is 12.3. The first-order chi connectivity index (χ1) is 13.7. The first-order valence-corrected chi connectivity index (χ1v) is 9.61. The largest absolute Gasteiger partial charge is 0.497 e. The molecule has 7 heteroatoms. The van der Waals surface area contributed by atoms with Crippen molar-refractivity contribution in [1.82, 2.24) is 9.88 Å². The highest BCUT2D eigenvalue weighted by Gasteiger charge is 2.27. The van der Waals surface area contributed by atoms with Gasteiger partial charge in [0.05, 0.1) is 32.4 Å². The van der Waals surface area contributed by atoms with Crippen molar-refractivity contribution in [2.45, 2.75) is 25.2 Å². The molecule has 7 nitrogen and oxygen atoms in total. The molecule has 0 unspecified atom stereocenters. The van der Waals surface area contributed by atoms with Gasteiger partial charge in [-0.05, 0) is 30.5 Å². The van der Waals surface area contributed by atoms with Gasteiger partial charge in [-0.3, -0.25) is 4.79 Å². The van der Waals surface area contributed by atoms with E-state index in [4.69, 9.17) is 18.6 Å². The van der Waals surface area contributed by atoms with Crippen LogP contribution in [0, 0.1) is 0 Å². The van der Waals surface area contributed by atoms with Crippen LogP contribution in [0.2, 0.25) is 0 Å². The minimum Gasteiger partial charge on any atom is -0.497 e. The highest BCUT2D eigenvalue weighted by atomic mass is 16.5. The molecule has 1 aliphatic rings. The molecule has 0 spiro atoms. The van der Waals surface area contributed by atoms with E-state index in [2.05, 4.69) is 4.98 Å². The van der Waals surface area contributed by atoms with Crippen LogP contribution in [0.5, 0.6) is 5.75 Å². The fourth-order valence-corrected chi connectivity index (χ4v) is 3.37. The third-order valence-corrected chi connectivity index (χ3v) is 4.86. The van der Waals surface area contributed by atoms with Crippen LogP contribution in [-0.2, 0) is 20.7 Å². The molecule has 2 aromatic rings. The number of ether oxygens (including phenoxy) is 3. The van der Waals surface area contributed by atoms with E-state index in [0.29, 0.717) is 32.1 Å². The van der Waals surface area contributed by atoms with Crippen molar-refractivity contribution in [2.75, 3.05) is 47.1 Å². The Hall–Kier alpha value is -2.38. The molecule has 1 amide bonds. The number of oxazole rings is 1. The van der Waals surface area contributed by atoms with Crippen LogP contribution in [-0.4, -0.2) is 62.9 Å². The lowest BCUT2D eigenvalue weighted by Gasteiger charge is -2.31. The van der Waals surface area contributed by atoms with E-state index in [-0.39, 0.29) is 18.4 Å². The number of carbonyl (C=O) groups excluding carboxylic acids is 1. The number of methoxy groups -OCH3 is 2. The van der Waals surface area contributed by atoms with Crippen molar-refractivity contribution in [2.24, 2.45) is 0 Å². The lowest BCUT2D eigenvalue weighted by atomic mass is 9.98. The van der Waals surface area contributed by atoms with E-state index in [0.717, 1.165) is 36.5 Å². The summed E-state index contributed by atoms with van der Waals surface area (Å²) in [6.45, 7) is 2.36. The zero-order valence-corrected chi connectivity index (χ0v) is 16.6. The number of amides is 1. The number of hydrogen-bond acceptors (Lipinski definition) is 6. The minimum absolute atomic E-state index is 0.00367. The first-order valence-electron chi connectivity index (χ1n) is 9.61. The van der Waals surface area contributed by atoms with E-state index in [1.165, 1.54) is 0 Å². The molecule has 0 saturated carbocycles. The number of aromatic nitrogens is 1. The molecule has 152 valence electrons. The van der Waals surface area contributed by atoms with E-state index in [1.807, 2.05) is 29.2 Å². The van der Waals surface area contributed by atoms with Gasteiger partial charge in [0.25, 0.3) is 0 Å². The third-order valence-electron chi connectivity index (χ3n) is 4.86. The van der Waals surface area contributed by atoms with Crippen molar-refractivity contribution >= 4 is 5.91 Å². The van der Waals surface area contributed by atoms with E-state index >= 15 is 0 Å². The summed E-state index contributed by atoms with van der Waals surface area (Å²) in [4.78, 5) is 18.7. The molecule has 3 rings (SSSR count). The molecule has 1 saturated heterocycles. The Labute approximate surface area is 165 Å². The van der Waals surface area contributed by atoms with Gasteiger partial charge >= 0.3 is 0 Å². The lowest BCUT2D eigenvalue weighted by molar-refractivity contribution is -0.137. The molecule has 28 heavy (non-hydrogen) atoms. The summed E-state index contributed by atoms with van der Waals surface area (Å²) in [6.07, 6.45) is 4.34. The molecule has 0 N–H and O–H groups in total. The average molecular weight is 388 g/mol. The fraction of sp³-hybridized carbons (Fsp3) is 0.524. The van der Waals surface area contributed by atoms with Crippen LogP contribution < -0.4 is 4.74 Å². The Morgan fingerprint density at radius 1 is 1.32 bits per heavy atom. The maximum Gasteiger partial charge on any atom is 0.248 e. The highest BCUT2D eigenvalue weighted by Crippen LogP contribution is 2.27. The molecular weight excluding hydrogens is 360 g/mol. The molecule has 1 aliphatic heterocycles. The predicted octanol–water partition coefficient (Wildman–Crippen LogP) is 2.64. The van der Waals surface area contributed by atoms with Gasteiger partial charge in [-0.1, -0.05) is 12.1 Å². The monoisotopic (exact) mass is 388 g/mol. The fourth-order valence-electron chi connectivity index (χ4n) is 3.37. The van der Waals surface area contributed by atoms with Crippen molar-refractivity contribution in [1.29, 1.82) is 0 Å². The van der Waals surface area contributed by atoms with Crippen LogP contribution in [0.3, 0.4) is 0 Å². The Kier molecular flexibility index (Phi) is 7.45. The van der Waals surface area contributed by atoms with Crippen LogP contribution in [0.4, 0.5) is 0 Å². The summed E-state index contributed by atoms with van der Waals surface area (Å²) in [5, 5.41) is 0. The molecule has 0 bridgehead atoms. The molecule has 2 heterocycles. The van der Waals surface area contributed by atoms with E-state index < -0.39 is 0 Å². The summed E-state index contributed by atoms with van der Waals surface area (Å²) in [6, 6.07) is 7.91. The smallest absolute Gasteiger partial charge is 0.248 e. The Bertz CT molecular complexity index is 761. The number of hydrogen-bond donors (Lipinski definition) is 0. The molecule has 1 aromatic carbocycles. The number of likely N-dealkylation sites (tertiary alicyclic amines) is 1. The zero-order valence-electron chi connectivity index (χ0n) is 16.6. The minimum atomic E-state index is 0.00367. The quantitative estimate of drug-likeness (QED) is 0.615. The molecule has 0 radical (unpaired) electrons.